The van der Waals surface area contributed by atoms with Crippen LogP contribution < -0.4 is 5.32 Å². The molecule has 0 aliphatic heterocycles. The van der Waals surface area contributed by atoms with Gasteiger partial charge in [0.25, 0.3) is 0 Å². The maximum Gasteiger partial charge on any atom is 0.328 e. The van der Waals surface area contributed by atoms with Gasteiger partial charge in [-0.3, -0.25) is 5.32 Å². The Labute approximate surface area is 104 Å². The minimum absolute atomic E-state index is 0.171. The second kappa shape index (κ2) is 6.36. The molecule has 2 atom stereocenters. The third kappa shape index (κ3) is 4.64. The lowest BCUT2D eigenvalue weighted by molar-refractivity contribution is -0.154. The average Bonchev–Trinajstić information content (AvgIpc) is 3.10. The van der Waals surface area contributed by atoms with E-state index in [0.717, 1.165) is 19.3 Å². The fraction of sp³-hybridized carbons (Fsp3) is 0.923. The molecule has 0 spiro atoms. The van der Waals surface area contributed by atoms with Crippen LogP contribution in [0.15, 0.2) is 0 Å². The predicted octanol–water partition coefficient (Wildman–Crippen LogP) is 1.88. The summed E-state index contributed by atoms with van der Waals surface area (Å²) in [5.41, 5.74) is -0.708. The van der Waals surface area contributed by atoms with Gasteiger partial charge >= 0.3 is 5.97 Å². The second-order valence-electron chi connectivity index (χ2n) is 5.00. The van der Waals surface area contributed by atoms with Gasteiger partial charge in [-0.15, -0.1) is 0 Å². The van der Waals surface area contributed by atoms with Gasteiger partial charge in [-0.1, -0.05) is 6.92 Å². The summed E-state index contributed by atoms with van der Waals surface area (Å²) >= 11 is 0. The predicted molar refractivity (Wildman–Crippen MR) is 66.9 cm³/mol. The summed E-state index contributed by atoms with van der Waals surface area (Å²) in [5, 5.41) is 3.33. The Morgan fingerprint density at radius 1 is 1.47 bits per heavy atom. The number of ether oxygens (including phenoxy) is 2. The highest BCUT2D eigenvalue weighted by atomic mass is 16.5. The first kappa shape index (κ1) is 14.5. The highest BCUT2D eigenvalue weighted by Gasteiger charge is 2.40. The Morgan fingerprint density at radius 3 is 2.59 bits per heavy atom. The van der Waals surface area contributed by atoms with Crippen molar-refractivity contribution in [2.75, 3.05) is 13.2 Å². The van der Waals surface area contributed by atoms with Gasteiger partial charge in [-0.05, 0) is 40.0 Å². The van der Waals surface area contributed by atoms with E-state index in [1.165, 1.54) is 0 Å². The molecule has 2 unspecified atom stereocenters. The van der Waals surface area contributed by atoms with Gasteiger partial charge in [0.1, 0.15) is 5.54 Å². The van der Waals surface area contributed by atoms with Crippen molar-refractivity contribution in [2.45, 2.75) is 64.6 Å². The van der Waals surface area contributed by atoms with Crippen LogP contribution in [0, 0.1) is 0 Å². The summed E-state index contributed by atoms with van der Waals surface area (Å²) < 4.78 is 10.8. The van der Waals surface area contributed by atoms with Crippen molar-refractivity contribution in [3.63, 3.8) is 0 Å². The molecule has 1 N–H and O–H groups in total. The van der Waals surface area contributed by atoms with Crippen LogP contribution in [-0.4, -0.2) is 36.9 Å². The molecule has 17 heavy (non-hydrogen) atoms. The number of carbonyl (C=O) groups is 1. The third-order valence-electron chi connectivity index (χ3n) is 3.06. The molecule has 1 aliphatic rings. The number of carbonyl (C=O) groups excluding carboxylic acids is 1. The van der Waals surface area contributed by atoms with E-state index in [0.29, 0.717) is 19.3 Å². The van der Waals surface area contributed by atoms with Crippen LogP contribution in [0.5, 0.6) is 0 Å². The summed E-state index contributed by atoms with van der Waals surface area (Å²) in [6, 6.07) is 0.449. The van der Waals surface area contributed by atoms with Crippen molar-refractivity contribution in [3.05, 3.63) is 0 Å². The van der Waals surface area contributed by atoms with E-state index in [2.05, 4.69) is 12.2 Å². The Bertz CT molecular complexity index is 253. The maximum atomic E-state index is 12.0. The van der Waals surface area contributed by atoms with Crippen LogP contribution in [-0.2, 0) is 14.3 Å². The molecule has 0 aromatic heterocycles. The van der Waals surface area contributed by atoms with E-state index < -0.39 is 5.54 Å². The molecule has 1 rings (SSSR count). The highest BCUT2D eigenvalue weighted by molar-refractivity contribution is 5.80. The minimum atomic E-state index is -0.708. The largest absolute Gasteiger partial charge is 0.465 e. The van der Waals surface area contributed by atoms with Gasteiger partial charge in [0.2, 0.25) is 0 Å². The first-order valence-electron chi connectivity index (χ1n) is 6.58. The Kier molecular flexibility index (Phi) is 5.40. The molecule has 0 heterocycles. The van der Waals surface area contributed by atoms with Crippen molar-refractivity contribution in [1.29, 1.82) is 0 Å². The monoisotopic (exact) mass is 243 g/mol. The molecular formula is C13H25NO3. The van der Waals surface area contributed by atoms with Gasteiger partial charge in [0.15, 0.2) is 0 Å². The van der Waals surface area contributed by atoms with Crippen LogP contribution in [0.2, 0.25) is 0 Å². The van der Waals surface area contributed by atoms with Gasteiger partial charge in [-0.2, -0.15) is 0 Å². The van der Waals surface area contributed by atoms with Crippen molar-refractivity contribution >= 4 is 5.97 Å². The van der Waals surface area contributed by atoms with Crippen LogP contribution in [0.4, 0.5) is 0 Å². The molecule has 0 radical (unpaired) electrons. The summed E-state index contributed by atoms with van der Waals surface area (Å²) in [7, 11) is 0. The van der Waals surface area contributed by atoms with Crippen LogP contribution in [0.25, 0.3) is 0 Å². The molecular weight excluding hydrogens is 218 g/mol. The first-order valence-corrected chi connectivity index (χ1v) is 6.58. The molecule has 0 saturated heterocycles. The van der Waals surface area contributed by atoms with Crippen molar-refractivity contribution in [2.24, 2.45) is 0 Å². The van der Waals surface area contributed by atoms with Gasteiger partial charge in [-0.25, -0.2) is 4.79 Å². The molecule has 0 amide bonds. The van der Waals surface area contributed by atoms with E-state index >= 15 is 0 Å². The third-order valence-corrected chi connectivity index (χ3v) is 3.06. The molecule has 1 saturated carbocycles. The number of hydrogen-bond donors (Lipinski definition) is 1. The smallest absolute Gasteiger partial charge is 0.328 e. The van der Waals surface area contributed by atoms with E-state index in [-0.39, 0.29) is 12.1 Å². The molecule has 0 aromatic rings. The Hall–Kier alpha value is -0.610. The fourth-order valence-corrected chi connectivity index (χ4v) is 1.55. The molecule has 4 nitrogen and oxygen atoms in total. The normalized spacial score (nSPS) is 20.7. The quantitative estimate of drug-likeness (QED) is 0.661. The minimum Gasteiger partial charge on any atom is -0.465 e. The second-order valence-corrected chi connectivity index (χ2v) is 5.00. The zero-order chi connectivity index (χ0) is 12.9. The van der Waals surface area contributed by atoms with Crippen molar-refractivity contribution in [1.82, 2.24) is 5.32 Å². The Morgan fingerprint density at radius 2 is 2.12 bits per heavy atom. The standard InChI is InChI=1S/C13H25NO3/c1-5-10(3)17-9-13(4,12(15)16-6-2)14-11-7-8-11/h10-11,14H,5-9H2,1-4H3. The lowest BCUT2D eigenvalue weighted by Crippen LogP contribution is -2.55. The van der Waals surface area contributed by atoms with Crippen molar-refractivity contribution < 1.29 is 14.3 Å². The highest BCUT2D eigenvalue weighted by Crippen LogP contribution is 2.23. The molecule has 1 fully saturated rings. The number of esters is 1. The summed E-state index contributed by atoms with van der Waals surface area (Å²) in [5.74, 6) is -0.213. The molecule has 100 valence electrons. The first-order chi connectivity index (χ1) is 8.01. The van der Waals surface area contributed by atoms with Crippen molar-refractivity contribution in [3.8, 4) is 0 Å². The lowest BCUT2D eigenvalue weighted by Gasteiger charge is -2.29. The van der Waals surface area contributed by atoms with Crippen LogP contribution in [0.1, 0.15) is 47.0 Å². The van der Waals surface area contributed by atoms with Gasteiger partial charge < -0.3 is 9.47 Å². The zero-order valence-corrected chi connectivity index (χ0v) is 11.4. The number of rotatable bonds is 8. The summed E-state index contributed by atoms with van der Waals surface area (Å²) in [6.45, 7) is 8.56. The van der Waals surface area contributed by atoms with Gasteiger partial charge in [0.05, 0.1) is 19.3 Å². The fourth-order valence-electron chi connectivity index (χ4n) is 1.55. The Balaban J connectivity index is 2.53. The topological polar surface area (TPSA) is 47.6 Å². The maximum absolute atomic E-state index is 12.0. The molecule has 4 heteroatoms. The van der Waals surface area contributed by atoms with Crippen LogP contribution >= 0.6 is 0 Å². The molecule has 0 bridgehead atoms. The van der Waals surface area contributed by atoms with Gasteiger partial charge in [0, 0.05) is 6.04 Å². The molecule has 0 aromatic carbocycles. The number of hydrogen-bond acceptors (Lipinski definition) is 4. The molecule has 1 aliphatic carbocycles. The summed E-state index contributed by atoms with van der Waals surface area (Å²) in [6.07, 6.45) is 3.39. The zero-order valence-electron chi connectivity index (χ0n) is 11.4. The van der Waals surface area contributed by atoms with E-state index in [9.17, 15) is 4.79 Å². The van der Waals surface area contributed by atoms with E-state index in [4.69, 9.17) is 9.47 Å². The summed E-state index contributed by atoms with van der Waals surface area (Å²) in [4.78, 5) is 12.0. The van der Waals surface area contributed by atoms with Crippen LogP contribution in [0.3, 0.4) is 0 Å². The average molecular weight is 243 g/mol. The van der Waals surface area contributed by atoms with E-state index in [1.54, 1.807) is 0 Å². The van der Waals surface area contributed by atoms with E-state index in [1.807, 2.05) is 20.8 Å². The SMILES string of the molecule is CCOC(=O)C(C)(COC(C)CC)NC1CC1. The lowest BCUT2D eigenvalue weighted by atomic mass is 10.0. The number of nitrogens with one attached hydrogen (secondary N) is 1.